The van der Waals surface area contributed by atoms with Crippen LogP contribution in [0.5, 0.6) is 5.75 Å². The number of nitrogens with zero attached hydrogens (tertiary/aromatic N) is 1. The van der Waals surface area contributed by atoms with Crippen molar-refractivity contribution in [3.05, 3.63) is 17.9 Å². The van der Waals surface area contributed by atoms with Crippen LogP contribution in [-0.2, 0) is 4.79 Å². The Morgan fingerprint density at radius 1 is 1.40 bits per heavy atom. The van der Waals surface area contributed by atoms with E-state index in [0.29, 0.717) is 25.2 Å². The Morgan fingerprint density at radius 2 is 2.15 bits per heavy atom. The molecule has 20 heavy (non-hydrogen) atoms. The van der Waals surface area contributed by atoms with Gasteiger partial charge < -0.3 is 20.7 Å². The fraction of sp³-hybridized carbons (Fsp3) is 0.417. The van der Waals surface area contributed by atoms with Gasteiger partial charge in [0.25, 0.3) is 0 Å². The van der Waals surface area contributed by atoms with Crippen LogP contribution in [0.1, 0.15) is 6.42 Å². The molecule has 1 aromatic rings. The number of amides is 1. The fourth-order valence-electron chi connectivity index (χ4n) is 2.03. The topological polar surface area (TPSA) is 67.6 Å². The quantitative estimate of drug-likeness (QED) is 0.824. The number of nitrogens with two attached hydrogens (primary N) is 1. The number of rotatable bonds is 3. The zero-order valence-corrected chi connectivity index (χ0v) is 10.5. The number of benzene rings is 1. The van der Waals surface area contributed by atoms with Gasteiger partial charge >= 0.3 is 6.61 Å². The Morgan fingerprint density at radius 3 is 2.85 bits per heavy atom. The molecule has 0 aromatic heterocycles. The Labute approximate surface area is 113 Å². The van der Waals surface area contributed by atoms with E-state index in [9.17, 15) is 18.0 Å². The van der Waals surface area contributed by atoms with Crippen molar-refractivity contribution in [1.29, 1.82) is 0 Å². The van der Waals surface area contributed by atoms with Crippen LogP contribution < -0.4 is 20.7 Å². The van der Waals surface area contributed by atoms with E-state index < -0.39 is 18.2 Å². The predicted molar refractivity (Wildman–Crippen MR) is 67.3 cm³/mol. The lowest BCUT2D eigenvalue weighted by molar-refractivity contribution is -0.119. The van der Waals surface area contributed by atoms with Crippen molar-refractivity contribution in [1.82, 2.24) is 5.32 Å². The van der Waals surface area contributed by atoms with Gasteiger partial charge in [-0.3, -0.25) is 4.79 Å². The van der Waals surface area contributed by atoms with Crippen LogP contribution in [0.15, 0.2) is 12.1 Å². The number of nitrogens with one attached hydrogen (secondary N) is 1. The van der Waals surface area contributed by atoms with Crippen LogP contribution in [0.4, 0.5) is 24.5 Å². The minimum Gasteiger partial charge on any atom is -0.432 e. The van der Waals surface area contributed by atoms with Gasteiger partial charge in [-0.25, -0.2) is 4.39 Å². The zero-order valence-electron chi connectivity index (χ0n) is 10.5. The van der Waals surface area contributed by atoms with Gasteiger partial charge in [-0.1, -0.05) is 0 Å². The van der Waals surface area contributed by atoms with E-state index in [0.717, 1.165) is 12.1 Å². The first-order valence-corrected chi connectivity index (χ1v) is 6.03. The van der Waals surface area contributed by atoms with Crippen molar-refractivity contribution in [3.63, 3.8) is 0 Å². The molecule has 0 atom stereocenters. The SMILES string of the molecule is Nc1cc(F)c(OC(F)F)cc1N1CCCNC(=O)C1. The minimum atomic E-state index is -3.13. The van der Waals surface area contributed by atoms with Crippen molar-refractivity contribution in [3.8, 4) is 5.75 Å². The van der Waals surface area contributed by atoms with Crippen LogP contribution in [0, 0.1) is 5.82 Å². The number of carbonyl (C=O) groups excluding carboxylic acids is 1. The molecule has 1 aliphatic rings. The minimum absolute atomic E-state index is 0.0317. The van der Waals surface area contributed by atoms with Crippen LogP contribution in [0.25, 0.3) is 0 Å². The highest BCUT2D eigenvalue weighted by Gasteiger charge is 2.20. The predicted octanol–water partition coefficient (Wildman–Crippen LogP) is 1.34. The molecule has 110 valence electrons. The first kappa shape index (κ1) is 14.3. The van der Waals surface area contributed by atoms with Gasteiger partial charge in [-0.15, -0.1) is 0 Å². The first-order valence-electron chi connectivity index (χ1n) is 6.03. The van der Waals surface area contributed by atoms with Crippen LogP contribution >= 0.6 is 0 Å². The lowest BCUT2D eigenvalue weighted by Crippen LogP contribution is -2.33. The Bertz CT molecular complexity index is 511. The molecular weight excluding hydrogens is 275 g/mol. The molecule has 0 bridgehead atoms. The van der Waals surface area contributed by atoms with Crippen LogP contribution in [-0.4, -0.2) is 32.2 Å². The van der Waals surface area contributed by atoms with Crippen LogP contribution in [0.2, 0.25) is 0 Å². The molecule has 1 fully saturated rings. The van der Waals surface area contributed by atoms with E-state index in [1.165, 1.54) is 0 Å². The van der Waals surface area contributed by atoms with Crippen LogP contribution in [0.3, 0.4) is 0 Å². The van der Waals surface area contributed by atoms with Gasteiger partial charge in [0, 0.05) is 25.2 Å². The molecule has 1 aliphatic heterocycles. The Hall–Kier alpha value is -2.12. The van der Waals surface area contributed by atoms with E-state index in [4.69, 9.17) is 5.73 Å². The second-order valence-corrected chi connectivity index (χ2v) is 4.35. The summed E-state index contributed by atoms with van der Waals surface area (Å²) in [6.07, 6.45) is 0.674. The van der Waals surface area contributed by atoms with E-state index in [2.05, 4.69) is 10.1 Å². The summed E-state index contributed by atoms with van der Waals surface area (Å²) in [4.78, 5) is 13.1. The molecule has 1 aromatic carbocycles. The standard InChI is InChI=1S/C12H14F3N3O2/c13-7-4-8(16)9(5-10(7)20-12(14)15)18-3-1-2-17-11(19)6-18/h4-5,12H,1-3,6,16H2,(H,17,19). The van der Waals surface area contributed by atoms with Gasteiger partial charge in [0.1, 0.15) is 0 Å². The summed E-state index contributed by atoms with van der Waals surface area (Å²) in [6, 6.07) is 2.01. The van der Waals surface area contributed by atoms with Crippen molar-refractivity contribution in [2.45, 2.75) is 13.0 Å². The summed E-state index contributed by atoms with van der Waals surface area (Å²) in [5.74, 6) is -1.76. The number of alkyl halides is 2. The fourth-order valence-corrected chi connectivity index (χ4v) is 2.03. The lowest BCUT2D eigenvalue weighted by atomic mass is 10.2. The third-order valence-corrected chi connectivity index (χ3v) is 2.90. The summed E-state index contributed by atoms with van der Waals surface area (Å²) in [5.41, 5.74) is 6.07. The third kappa shape index (κ3) is 3.25. The first-order chi connectivity index (χ1) is 9.47. The maximum atomic E-state index is 13.5. The second kappa shape index (κ2) is 5.89. The number of hydrogen-bond acceptors (Lipinski definition) is 4. The van der Waals surface area contributed by atoms with E-state index >= 15 is 0 Å². The number of hydrogen-bond donors (Lipinski definition) is 2. The molecule has 8 heteroatoms. The molecular formula is C12H14F3N3O2. The summed E-state index contributed by atoms with van der Waals surface area (Å²) in [5, 5.41) is 2.68. The third-order valence-electron chi connectivity index (χ3n) is 2.90. The summed E-state index contributed by atoms with van der Waals surface area (Å²) >= 11 is 0. The largest absolute Gasteiger partial charge is 0.432 e. The highest BCUT2D eigenvalue weighted by molar-refractivity contribution is 5.83. The second-order valence-electron chi connectivity index (χ2n) is 4.35. The Balaban J connectivity index is 2.31. The van der Waals surface area contributed by atoms with E-state index in [1.54, 1.807) is 4.90 Å². The average molecular weight is 289 g/mol. The van der Waals surface area contributed by atoms with Crippen molar-refractivity contribution in [2.75, 3.05) is 30.3 Å². The number of nitrogen functional groups attached to an aromatic ring is 1. The molecule has 1 saturated heterocycles. The van der Waals surface area contributed by atoms with Gasteiger partial charge in [0.2, 0.25) is 5.91 Å². The molecule has 1 amide bonds. The number of carbonyl (C=O) groups is 1. The molecule has 0 unspecified atom stereocenters. The maximum Gasteiger partial charge on any atom is 0.387 e. The molecule has 1 heterocycles. The molecule has 5 nitrogen and oxygen atoms in total. The van der Waals surface area contributed by atoms with Crippen molar-refractivity contribution < 1.29 is 22.7 Å². The summed E-state index contributed by atoms with van der Waals surface area (Å²) in [6.45, 7) is -2.07. The molecule has 0 saturated carbocycles. The average Bonchev–Trinajstić information content (AvgIpc) is 2.57. The summed E-state index contributed by atoms with van der Waals surface area (Å²) in [7, 11) is 0. The maximum absolute atomic E-state index is 13.5. The van der Waals surface area contributed by atoms with Crippen molar-refractivity contribution >= 4 is 17.3 Å². The highest BCUT2D eigenvalue weighted by atomic mass is 19.3. The van der Waals surface area contributed by atoms with E-state index in [1.807, 2.05) is 0 Å². The number of ether oxygens (including phenoxy) is 1. The summed E-state index contributed by atoms with van der Waals surface area (Å²) < 4.78 is 42.0. The molecule has 0 aliphatic carbocycles. The number of anilines is 2. The molecule has 2 rings (SSSR count). The monoisotopic (exact) mass is 289 g/mol. The van der Waals surface area contributed by atoms with Gasteiger partial charge in [0.05, 0.1) is 17.9 Å². The zero-order chi connectivity index (χ0) is 14.7. The van der Waals surface area contributed by atoms with E-state index in [-0.39, 0.29) is 18.1 Å². The molecule has 3 N–H and O–H groups in total. The number of halogens is 3. The normalized spacial score (nSPS) is 16.0. The molecule has 0 radical (unpaired) electrons. The highest BCUT2D eigenvalue weighted by Crippen LogP contribution is 2.32. The van der Waals surface area contributed by atoms with Gasteiger partial charge in [-0.05, 0) is 6.42 Å². The van der Waals surface area contributed by atoms with Gasteiger partial charge in [0.15, 0.2) is 11.6 Å². The van der Waals surface area contributed by atoms with Crippen molar-refractivity contribution in [2.24, 2.45) is 0 Å². The van der Waals surface area contributed by atoms with Gasteiger partial charge in [-0.2, -0.15) is 8.78 Å². The molecule has 0 spiro atoms. The smallest absolute Gasteiger partial charge is 0.387 e. The lowest BCUT2D eigenvalue weighted by Gasteiger charge is -2.23. The Kier molecular flexibility index (Phi) is 4.21.